The molecule has 16 heavy (non-hydrogen) atoms. The number of benzene rings is 1. The molecular weight excluding hydrogens is 243 g/mol. The van der Waals surface area contributed by atoms with E-state index in [0.717, 1.165) is 19.3 Å². The number of hydrogen-bond acceptors (Lipinski definition) is 1. The Balaban J connectivity index is 2.83. The van der Waals surface area contributed by atoms with Crippen LogP contribution in [-0.2, 0) is 0 Å². The first-order valence-corrected chi connectivity index (χ1v) is 6.47. The maximum atomic E-state index is 10.1. The predicted molar refractivity (Wildman–Crippen MR) is 70.1 cm³/mol. The topological polar surface area (TPSA) is 20.2 Å². The Morgan fingerprint density at radius 1 is 1.12 bits per heavy atom. The third-order valence-electron chi connectivity index (χ3n) is 3.04. The summed E-state index contributed by atoms with van der Waals surface area (Å²) in [6.07, 6.45) is 2.29. The highest BCUT2D eigenvalue weighted by Crippen LogP contribution is 2.34. The molecule has 0 heterocycles. The van der Waals surface area contributed by atoms with Crippen molar-refractivity contribution in [2.45, 2.75) is 39.2 Å². The molecule has 0 bridgehead atoms. The summed E-state index contributed by atoms with van der Waals surface area (Å²) in [6.45, 7) is 4.27. The second-order valence-corrected chi connectivity index (χ2v) is 4.88. The van der Waals surface area contributed by atoms with E-state index in [0.29, 0.717) is 21.5 Å². The van der Waals surface area contributed by atoms with Gasteiger partial charge in [0.05, 0.1) is 6.10 Å². The molecule has 1 unspecified atom stereocenters. The maximum Gasteiger partial charge on any atom is 0.0821 e. The minimum atomic E-state index is -0.564. The average Bonchev–Trinajstić information content (AvgIpc) is 2.25. The second-order valence-electron chi connectivity index (χ2n) is 4.07. The van der Waals surface area contributed by atoms with Crippen molar-refractivity contribution in [3.05, 3.63) is 33.8 Å². The highest BCUT2D eigenvalue weighted by molar-refractivity contribution is 6.36. The molecule has 1 aromatic rings. The molecule has 0 radical (unpaired) electrons. The highest BCUT2D eigenvalue weighted by Gasteiger charge is 2.18. The summed E-state index contributed by atoms with van der Waals surface area (Å²) in [7, 11) is 0. The van der Waals surface area contributed by atoms with Crippen molar-refractivity contribution in [2.75, 3.05) is 0 Å². The Morgan fingerprint density at radius 3 is 2.06 bits per heavy atom. The van der Waals surface area contributed by atoms with Crippen LogP contribution in [-0.4, -0.2) is 5.11 Å². The van der Waals surface area contributed by atoms with Crippen LogP contribution < -0.4 is 0 Å². The number of aliphatic hydroxyl groups is 1. The number of rotatable bonds is 5. The van der Waals surface area contributed by atoms with Crippen LogP contribution in [0.5, 0.6) is 0 Å². The lowest BCUT2D eigenvalue weighted by molar-refractivity contribution is 0.141. The molecule has 90 valence electrons. The lowest BCUT2D eigenvalue weighted by Gasteiger charge is -2.19. The van der Waals surface area contributed by atoms with Crippen LogP contribution in [0.4, 0.5) is 0 Å². The van der Waals surface area contributed by atoms with Gasteiger partial charge in [-0.1, -0.05) is 56.0 Å². The summed E-state index contributed by atoms with van der Waals surface area (Å²) < 4.78 is 0. The van der Waals surface area contributed by atoms with E-state index in [9.17, 15) is 5.11 Å². The Morgan fingerprint density at radius 2 is 1.62 bits per heavy atom. The van der Waals surface area contributed by atoms with Crippen molar-refractivity contribution >= 4 is 23.2 Å². The summed E-state index contributed by atoms with van der Waals surface area (Å²) in [5.41, 5.74) is 0.665. The highest BCUT2D eigenvalue weighted by atomic mass is 35.5. The lowest BCUT2D eigenvalue weighted by atomic mass is 9.93. The van der Waals surface area contributed by atoms with E-state index in [-0.39, 0.29) is 0 Å². The summed E-state index contributed by atoms with van der Waals surface area (Å²) >= 11 is 12.1. The molecule has 0 amide bonds. The van der Waals surface area contributed by atoms with Gasteiger partial charge in [0.2, 0.25) is 0 Å². The van der Waals surface area contributed by atoms with E-state index in [1.165, 1.54) is 0 Å². The summed E-state index contributed by atoms with van der Waals surface area (Å²) in [5, 5.41) is 11.2. The molecule has 1 aromatic carbocycles. The molecule has 1 nitrogen and oxygen atoms in total. The van der Waals surface area contributed by atoms with Crippen molar-refractivity contribution < 1.29 is 5.11 Å². The van der Waals surface area contributed by atoms with Gasteiger partial charge in [0.15, 0.2) is 0 Å². The number of hydrogen-bond donors (Lipinski definition) is 1. The fourth-order valence-electron chi connectivity index (χ4n) is 1.88. The predicted octanol–water partition coefficient (Wildman–Crippen LogP) is 4.85. The Kier molecular flexibility index (Phi) is 5.60. The third kappa shape index (κ3) is 3.38. The molecule has 0 saturated carbocycles. The van der Waals surface area contributed by atoms with Gasteiger partial charge in [-0.25, -0.2) is 0 Å². The van der Waals surface area contributed by atoms with Gasteiger partial charge in [0.1, 0.15) is 0 Å². The third-order valence-corrected chi connectivity index (χ3v) is 3.70. The first-order chi connectivity index (χ1) is 7.60. The smallest absolute Gasteiger partial charge is 0.0821 e. The van der Waals surface area contributed by atoms with Gasteiger partial charge in [-0.15, -0.1) is 0 Å². The molecule has 1 rings (SSSR count). The summed E-state index contributed by atoms with van der Waals surface area (Å²) in [6, 6.07) is 5.32. The van der Waals surface area contributed by atoms with Crippen LogP contribution in [0, 0.1) is 5.92 Å². The fraction of sp³-hybridized carbons (Fsp3) is 0.538. The average molecular weight is 261 g/mol. The molecule has 1 N–H and O–H groups in total. The van der Waals surface area contributed by atoms with Crippen molar-refractivity contribution in [1.82, 2.24) is 0 Å². The van der Waals surface area contributed by atoms with E-state index in [2.05, 4.69) is 13.8 Å². The van der Waals surface area contributed by atoms with E-state index in [1.54, 1.807) is 18.2 Å². The number of halogens is 2. The van der Waals surface area contributed by atoms with E-state index < -0.39 is 6.10 Å². The Bertz CT molecular complexity index is 314. The molecule has 0 saturated heterocycles. The minimum Gasteiger partial charge on any atom is -0.388 e. The van der Waals surface area contributed by atoms with Gasteiger partial charge in [0, 0.05) is 15.6 Å². The molecule has 0 fully saturated rings. The van der Waals surface area contributed by atoms with Gasteiger partial charge < -0.3 is 5.11 Å². The molecule has 0 aliphatic carbocycles. The van der Waals surface area contributed by atoms with Crippen LogP contribution in [0.2, 0.25) is 10.0 Å². The zero-order valence-electron chi connectivity index (χ0n) is 9.71. The molecule has 3 heteroatoms. The molecule has 0 aliphatic heterocycles. The van der Waals surface area contributed by atoms with Gasteiger partial charge in [-0.3, -0.25) is 0 Å². The monoisotopic (exact) mass is 260 g/mol. The molecular formula is C13H18Cl2O. The fourth-order valence-corrected chi connectivity index (χ4v) is 2.53. The van der Waals surface area contributed by atoms with Gasteiger partial charge in [-0.2, -0.15) is 0 Å². The maximum absolute atomic E-state index is 10.1. The van der Waals surface area contributed by atoms with Crippen molar-refractivity contribution in [1.29, 1.82) is 0 Å². The minimum absolute atomic E-state index is 0.516. The molecule has 1 atom stereocenters. The van der Waals surface area contributed by atoms with E-state index >= 15 is 0 Å². The van der Waals surface area contributed by atoms with Gasteiger partial charge >= 0.3 is 0 Å². The van der Waals surface area contributed by atoms with Crippen LogP contribution >= 0.6 is 23.2 Å². The quantitative estimate of drug-likeness (QED) is 0.803. The van der Waals surface area contributed by atoms with Crippen LogP contribution in [0.1, 0.15) is 44.8 Å². The zero-order chi connectivity index (χ0) is 12.1. The van der Waals surface area contributed by atoms with Crippen molar-refractivity contribution in [3.63, 3.8) is 0 Å². The first-order valence-electron chi connectivity index (χ1n) is 5.72. The van der Waals surface area contributed by atoms with E-state index in [1.807, 2.05) is 0 Å². The lowest BCUT2D eigenvalue weighted by Crippen LogP contribution is -2.07. The zero-order valence-corrected chi connectivity index (χ0v) is 11.2. The largest absolute Gasteiger partial charge is 0.388 e. The SMILES string of the molecule is CCC(CC)CC(O)c1c(Cl)cccc1Cl. The van der Waals surface area contributed by atoms with Crippen molar-refractivity contribution in [2.24, 2.45) is 5.92 Å². The van der Waals surface area contributed by atoms with E-state index in [4.69, 9.17) is 23.2 Å². The molecule has 0 aromatic heterocycles. The summed E-state index contributed by atoms with van der Waals surface area (Å²) in [4.78, 5) is 0. The van der Waals surface area contributed by atoms with Crippen molar-refractivity contribution in [3.8, 4) is 0 Å². The van der Waals surface area contributed by atoms with Gasteiger partial charge in [0.25, 0.3) is 0 Å². The van der Waals surface area contributed by atoms with Gasteiger partial charge in [-0.05, 0) is 24.5 Å². The Labute approximate surface area is 107 Å². The Hall–Kier alpha value is -0.240. The molecule has 0 spiro atoms. The normalized spacial score (nSPS) is 13.1. The second kappa shape index (κ2) is 6.48. The molecule has 0 aliphatic rings. The first kappa shape index (κ1) is 13.8. The van der Waals surface area contributed by atoms with Crippen LogP contribution in [0.3, 0.4) is 0 Å². The number of aliphatic hydroxyl groups excluding tert-OH is 1. The van der Waals surface area contributed by atoms with Crippen LogP contribution in [0.15, 0.2) is 18.2 Å². The summed E-state index contributed by atoms with van der Waals surface area (Å²) in [5.74, 6) is 0.516. The standard InChI is InChI=1S/C13H18Cl2O/c1-3-9(4-2)8-12(16)13-10(14)6-5-7-11(13)15/h5-7,9,12,16H,3-4,8H2,1-2H3. The van der Waals surface area contributed by atoms with Crippen LogP contribution in [0.25, 0.3) is 0 Å².